The van der Waals surface area contributed by atoms with Gasteiger partial charge in [-0.05, 0) is 104 Å². The molecule has 3 aliphatic rings. The summed E-state index contributed by atoms with van der Waals surface area (Å²) in [4.78, 5) is 0. The van der Waals surface area contributed by atoms with Crippen LogP contribution < -0.4 is 0 Å². The average Bonchev–Trinajstić information content (AvgIpc) is 2.99. The minimum absolute atomic E-state index is 0.114. The Labute approximate surface area is 170 Å². The Morgan fingerprint density at radius 3 is 2.79 bits per heavy atom. The van der Waals surface area contributed by atoms with E-state index >= 15 is 0 Å². The molecule has 0 heterocycles. The Balaban J connectivity index is 1.52. The van der Waals surface area contributed by atoms with Crippen LogP contribution in [0.3, 0.4) is 0 Å². The van der Waals surface area contributed by atoms with Crippen molar-refractivity contribution in [1.82, 2.24) is 0 Å². The smallest absolute Gasteiger partial charge is 0.115 e. The quantitative estimate of drug-likeness (QED) is 0.587. The van der Waals surface area contributed by atoms with Crippen molar-refractivity contribution in [3.8, 4) is 5.75 Å². The van der Waals surface area contributed by atoms with Crippen LogP contribution in [0.5, 0.6) is 5.75 Å². The van der Waals surface area contributed by atoms with Gasteiger partial charge in [0, 0.05) is 13.2 Å². The minimum Gasteiger partial charge on any atom is -0.508 e. The largest absolute Gasteiger partial charge is 0.508 e. The van der Waals surface area contributed by atoms with Gasteiger partial charge >= 0.3 is 0 Å². The first-order chi connectivity index (χ1) is 13.5. The van der Waals surface area contributed by atoms with Crippen molar-refractivity contribution in [2.45, 2.75) is 89.6 Å². The monoisotopic (exact) mass is 386 g/mol. The first-order valence-corrected chi connectivity index (χ1v) is 11.6. The third-order valence-electron chi connectivity index (χ3n) is 8.40. The third-order valence-corrected chi connectivity index (χ3v) is 8.40. The molecule has 6 atom stereocenters. The zero-order chi connectivity index (χ0) is 19.7. The first kappa shape index (κ1) is 20.2. The lowest BCUT2D eigenvalue weighted by Gasteiger charge is -2.51. The third kappa shape index (κ3) is 3.61. The summed E-state index contributed by atoms with van der Waals surface area (Å²) in [7, 11) is 0. The summed E-state index contributed by atoms with van der Waals surface area (Å²) in [5.41, 5.74) is 3.03. The highest BCUT2D eigenvalue weighted by Crippen LogP contribution is 2.62. The number of unbranched alkanes of at least 4 members (excludes halogenated alkanes) is 2. The molecule has 0 bridgehead atoms. The zero-order valence-corrected chi connectivity index (χ0v) is 17.7. The number of aliphatic hydroxyl groups is 1. The number of phenolic OH excluding ortho intramolecular Hbond substituents is 1. The molecular formula is C25H38O3. The van der Waals surface area contributed by atoms with E-state index in [1.807, 2.05) is 12.1 Å². The number of aromatic hydroxyl groups is 1. The maximum atomic E-state index is 10.7. The minimum atomic E-state index is -0.114. The van der Waals surface area contributed by atoms with Gasteiger partial charge in [-0.1, -0.05) is 25.8 Å². The number of fused-ring (bicyclic) bond motifs is 5. The molecule has 1 aromatic carbocycles. The van der Waals surface area contributed by atoms with E-state index in [1.165, 1.54) is 49.7 Å². The topological polar surface area (TPSA) is 49.7 Å². The molecule has 0 amide bonds. The molecule has 0 aliphatic heterocycles. The lowest BCUT2D eigenvalue weighted by Crippen LogP contribution is -2.44. The van der Waals surface area contributed by atoms with Gasteiger partial charge in [0.2, 0.25) is 0 Å². The lowest BCUT2D eigenvalue weighted by atomic mass is 9.53. The van der Waals surface area contributed by atoms with E-state index in [9.17, 15) is 10.2 Å². The number of hydrogen-bond acceptors (Lipinski definition) is 3. The molecule has 0 radical (unpaired) electrons. The van der Waals surface area contributed by atoms with Gasteiger partial charge in [-0.3, -0.25) is 0 Å². The molecule has 2 saturated carbocycles. The Bertz CT molecular complexity index is 672. The fraction of sp³-hybridized carbons (Fsp3) is 0.760. The van der Waals surface area contributed by atoms with Gasteiger partial charge in [0.15, 0.2) is 0 Å². The summed E-state index contributed by atoms with van der Waals surface area (Å²) in [6.07, 6.45) is 10.4. The number of hydrogen-bond donors (Lipinski definition) is 2. The van der Waals surface area contributed by atoms with Crippen LogP contribution in [-0.4, -0.2) is 29.5 Å². The van der Waals surface area contributed by atoms with Crippen LogP contribution >= 0.6 is 0 Å². The number of benzene rings is 1. The Morgan fingerprint density at radius 2 is 1.96 bits per heavy atom. The molecular weight excluding hydrogens is 348 g/mol. The molecule has 3 aliphatic carbocycles. The first-order valence-electron chi connectivity index (χ1n) is 11.6. The molecule has 1 aromatic rings. The van der Waals surface area contributed by atoms with Crippen molar-refractivity contribution in [2.24, 2.45) is 17.3 Å². The van der Waals surface area contributed by atoms with E-state index in [2.05, 4.69) is 19.9 Å². The fourth-order valence-corrected chi connectivity index (χ4v) is 6.87. The predicted octanol–water partition coefficient (Wildman–Crippen LogP) is 5.75. The van der Waals surface area contributed by atoms with Crippen LogP contribution in [0.25, 0.3) is 0 Å². The molecule has 2 fully saturated rings. The van der Waals surface area contributed by atoms with Gasteiger partial charge in [-0.15, -0.1) is 0 Å². The average molecular weight is 387 g/mol. The molecule has 6 unspecified atom stereocenters. The van der Waals surface area contributed by atoms with Gasteiger partial charge in [-0.25, -0.2) is 0 Å². The summed E-state index contributed by atoms with van der Waals surface area (Å²) in [5.74, 6) is 2.93. The molecule has 3 nitrogen and oxygen atoms in total. The van der Waals surface area contributed by atoms with Crippen molar-refractivity contribution in [2.75, 3.05) is 13.2 Å². The number of phenols is 1. The van der Waals surface area contributed by atoms with E-state index in [1.54, 1.807) is 0 Å². The second kappa shape index (κ2) is 8.36. The van der Waals surface area contributed by atoms with E-state index in [0.717, 1.165) is 32.5 Å². The molecule has 28 heavy (non-hydrogen) atoms. The molecule has 0 aromatic heterocycles. The SMILES string of the molecule is CCOCCCCCC1CC2C(CCC3(C)C(O)CCC23)c2ccc(O)cc21. The molecule has 0 saturated heterocycles. The molecule has 2 N–H and O–H groups in total. The van der Waals surface area contributed by atoms with Crippen LogP contribution in [0.15, 0.2) is 18.2 Å². The van der Waals surface area contributed by atoms with Crippen molar-refractivity contribution >= 4 is 0 Å². The Hall–Kier alpha value is -1.06. The van der Waals surface area contributed by atoms with Crippen LogP contribution in [0, 0.1) is 17.3 Å². The maximum Gasteiger partial charge on any atom is 0.115 e. The molecule has 4 rings (SSSR count). The van der Waals surface area contributed by atoms with Crippen LogP contribution in [-0.2, 0) is 4.74 Å². The second-order valence-corrected chi connectivity index (χ2v) is 9.81. The Morgan fingerprint density at radius 1 is 1.11 bits per heavy atom. The highest BCUT2D eigenvalue weighted by atomic mass is 16.5. The summed E-state index contributed by atoms with van der Waals surface area (Å²) in [6, 6.07) is 6.14. The predicted molar refractivity (Wildman–Crippen MR) is 113 cm³/mol. The van der Waals surface area contributed by atoms with E-state index in [-0.39, 0.29) is 11.5 Å². The normalized spacial score (nSPS) is 36.6. The Kier molecular flexibility index (Phi) is 6.04. The van der Waals surface area contributed by atoms with Crippen LogP contribution in [0.4, 0.5) is 0 Å². The zero-order valence-electron chi connectivity index (χ0n) is 17.7. The van der Waals surface area contributed by atoms with Gasteiger partial charge < -0.3 is 14.9 Å². The fourth-order valence-electron chi connectivity index (χ4n) is 6.87. The number of rotatable bonds is 7. The lowest BCUT2D eigenvalue weighted by molar-refractivity contribution is -0.0252. The highest BCUT2D eigenvalue weighted by Gasteiger charge is 2.55. The van der Waals surface area contributed by atoms with E-state index in [0.29, 0.717) is 29.4 Å². The number of aliphatic hydroxyl groups excluding tert-OH is 1. The van der Waals surface area contributed by atoms with Crippen molar-refractivity contribution in [3.05, 3.63) is 29.3 Å². The molecule has 156 valence electrons. The molecule has 3 heteroatoms. The highest BCUT2D eigenvalue weighted by molar-refractivity contribution is 5.42. The summed E-state index contributed by atoms with van der Waals surface area (Å²) >= 11 is 0. The van der Waals surface area contributed by atoms with Crippen molar-refractivity contribution in [1.29, 1.82) is 0 Å². The van der Waals surface area contributed by atoms with Gasteiger partial charge in [-0.2, -0.15) is 0 Å². The van der Waals surface area contributed by atoms with Crippen molar-refractivity contribution in [3.63, 3.8) is 0 Å². The van der Waals surface area contributed by atoms with Gasteiger partial charge in [0.25, 0.3) is 0 Å². The van der Waals surface area contributed by atoms with Crippen molar-refractivity contribution < 1.29 is 14.9 Å². The van der Waals surface area contributed by atoms with E-state index < -0.39 is 0 Å². The summed E-state index contributed by atoms with van der Waals surface area (Å²) in [6.45, 7) is 6.09. The number of ether oxygens (including phenoxy) is 1. The standard InChI is InChI=1S/C25H38O3/c1-3-28-14-6-4-5-7-17-15-22-20(19-9-8-18(26)16-21(17)19)12-13-25(2)23(22)10-11-24(25)27/h8-9,16-17,20,22-24,26-27H,3-7,10-15H2,1-2H3. The maximum absolute atomic E-state index is 10.7. The summed E-state index contributed by atoms with van der Waals surface area (Å²) < 4.78 is 5.48. The molecule has 0 spiro atoms. The van der Waals surface area contributed by atoms with Gasteiger partial charge in [0.05, 0.1) is 6.10 Å². The van der Waals surface area contributed by atoms with Crippen LogP contribution in [0.1, 0.15) is 94.6 Å². The van der Waals surface area contributed by atoms with Crippen LogP contribution in [0.2, 0.25) is 0 Å². The second-order valence-electron chi connectivity index (χ2n) is 9.81. The summed E-state index contributed by atoms with van der Waals surface area (Å²) in [5, 5.41) is 20.8. The van der Waals surface area contributed by atoms with Gasteiger partial charge in [0.1, 0.15) is 5.75 Å². The van der Waals surface area contributed by atoms with E-state index in [4.69, 9.17) is 4.74 Å².